The van der Waals surface area contributed by atoms with Gasteiger partial charge in [-0.2, -0.15) is 5.10 Å². The highest BCUT2D eigenvalue weighted by molar-refractivity contribution is 5.98. The van der Waals surface area contributed by atoms with Crippen molar-refractivity contribution in [2.24, 2.45) is 0 Å². The number of ether oxygens (including phenoxy) is 1. The van der Waals surface area contributed by atoms with Crippen LogP contribution in [0.4, 0.5) is 5.82 Å². The van der Waals surface area contributed by atoms with Crippen molar-refractivity contribution in [3.63, 3.8) is 0 Å². The van der Waals surface area contributed by atoms with Crippen molar-refractivity contribution in [1.29, 1.82) is 0 Å². The Morgan fingerprint density at radius 2 is 2.14 bits per heavy atom. The highest BCUT2D eigenvalue weighted by Gasteiger charge is 2.28. The third-order valence-electron chi connectivity index (χ3n) is 6.30. The van der Waals surface area contributed by atoms with Crippen LogP contribution in [0.25, 0.3) is 22.3 Å². The lowest BCUT2D eigenvalue weighted by atomic mass is 10.1. The molecule has 4 aromatic rings. The molecule has 0 bridgehead atoms. The Morgan fingerprint density at radius 1 is 1.26 bits per heavy atom. The number of aryl methyl sites for hydroxylation is 1. The zero-order valence-electron chi connectivity index (χ0n) is 19.6. The first-order chi connectivity index (χ1) is 17.0. The van der Waals surface area contributed by atoms with Gasteiger partial charge in [-0.1, -0.05) is 12.6 Å². The van der Waals surface area contributed by atoms with Gasteiger partial charge < -0.3 is 15.4 Å². The molecule has 0 radical (unpaired) electrons. The van der Waals surface area contributed by atoms with Gasteiger partial charge in [-0.3, -0.25) is 9.78 Å². The molecule has 1 aromatic carbocycles. The van der Waals surface area contributed by atoms with Gasteiger partial charge in [0.2, 0.25) is 5.91 Å². The number of likely N-dealkylation sites (tertiary alicyclic amines) is 1. The number of benzene rings is 1. The van der Waals surface area contributed by atoms with Crippen LogP contribution in [0.2, 0.25) is 0 Å². The first kappa shape index (κ1) is 22.5. The van der Waals surface area contributed by atoms with Crippen molar-refractivity contribution in [2.75, 3.05) is 18.8 Å². The number of carbonyl (C=O) groups excluding carboxylic acids is 1. The van der Waals surface area contributed by atoms with E-state index in [4.69, 9.17) is 15.6 Å². The number of fused-ring (bicyclic) bond motifs is 1. The predicted molar refractivity (Wildman–Crippen MR) is 134 cm³/mol. The third-order valence-corrected chi connectivity index (χ3v) is 6.30. The molecule has 35 heavy (non-hydrogen) atoms. The average Bonchev–Trinajstić information content (AvgIpc) is 3.29. The lowest BCUT2D eigenvalue weighted by Crippen LogP contribution is -2.40. The van der Waals surface area contributed by atoms with Gasteiger partial charge in [0, 0.05) is 24.8 Å². The van der Waals surface area contributed by atoms with E-state index in [2.05, 4.69) is 21.5 Å². The number of nitrogens with two attached hydrogens (primary N) is 1. The summed E-state index contributed by atoms with van der Waals surface area (Å²) in [7, 11) is 0. The Bertz CT molecular complexity index is 1380. The molecule has 2 N–H and O–H groups in total. The minimum absolute atomic E-state index is 0.0136. The van der Waals surface area contributed by atoms with Crippen LogP contribution in [0.5, 0.6) is 5.75 Å². The second-order valence-corrected chi connectivity index (χ2v) is 8.63. The van der Waals surface area contributed by atoms with Crippen LogP contribution in [0.15, 0.2) is 61.6 Å². The Balaban J connectivity index is 1.48. The quantitative estimate of drug-likeness (QED) is 0.428. The van der Waals surface area contributed by atoms with Crippen molar-refractivity contribution in [3.05, 3.63) is 72.8 Å². The predicted octanol–water partition coefficient (Wildman–Crippen LogP) is 3.71. The molecule has 1 aliphatic rings. The van der Waals surface area contributed by atoms with E-state index >= 15 is 0 Å². The Morgan fingerprint density at radius 3 is 2.91 bits per heavy atom. The molecule has 0 aliphatic carbocycles. The number of nitrogens with zero attached hydrogens (tertiary/aromatic N) is 6. The van der Waals surface area contributed by atoms with Gasteiger partial charge in [-0.25, -0.2) is 14.6 Å². The van der Waals surface area contributed by atoms with Crippen LogP contribution < -0.4 is 10.5 Å². The van der Waals surface area contributed by atoms with E-state index in [1.54, 1.807) is 11.1 Å². The van der Waals surface area contributed by atoms with Crippen LogP contribution >= 0.6 is 0 Å². The maximum Gasteiger partial charge on any atom is 0.246 e. The molecule has 0 saturated carbocycles. The summed E-state index contributed by atoms with van der Waals surface area (Å²) in [6.45, 7) is 7.26. The van der Waals surface area contributed by atoms with Gasteiger partial charge in [0.1, 0.15) is 30.2 Å². The topological polar surface area (TPSA) is 112 Å². The highest BCUT2D eigenvalue weighted by atomic mass is 16.5. The zero-order valence-corrected chi connectivity index (χ0v) is 19.6. The molecule has 1 fully saturated rings. The molecule has 5 rings (SSSR count). The Hall–Kier alpha value is -4.27. The average molecular weight is 470 g/mol. The minimum atomic E-state index is -0.0718. The number of hydrogen-bond acceptors (Lipinski definition) is 7. The second kappa shape index (κ2) is 9.54. The van der Waals surface area contributed by atoms with Crippen molar-refractivity contribution in [1.82, 2.24) is 29.6 Å². The Labute approximate surface area is 203 Å². The SMILES string of the molecule is C=CC(=O)N1CCC[C@@H](n2nc(-c3ccc(OCc4ccccn4)c(C)c3)c3c(N)ncnc32)C1. The lowest BCUT2D eigenvalue weighted by Gasteiger charge is -2.32. The summed E-state index contributed by atoms with van der Waals surface area (Å²) in [6.07, 6.45) is 6.33. The first-order valence-electron chi connectivity index (χ1n) is 11.6. The molecule has 1 aliphatic heterocycles. The fourth-order valence-electron chi connectivity index (χ4n) is 4.53. The van der Waals surface area contributed by atoms with E-state index in [0.717, 1.165) is 35.4 Å². The molecular weight excluding hydrogens is 442 g/mol. The monoisotopic (exact) mass is 469 g/mol. The van der Waals surface area contributed by atoms with Gasteiger partial charge in [0.05, 0.1) is 17.1 Å². The summed E-state index contributed by atoms with van der Waals surface area (Å²) in [5.74, 6) is 1.08. The number of aromatic nitrogens is 5. The first-order valence-corrected chi connectivity index (χ1v) is 11.6. The van der Waals surface area contributed by atoms with Gasteiger partial charge in [-0.15, -0.1) is 0 Å². The third kappa shape index (κ3) is 4.44. The minimum Gasteiger partial charge on any atom is -0.487 e. The van der Waals surface area contributed by atoms with Crippen molar-refractivity contribution < 1.29 is 9.53 Å². The molecule has 9 nitrogen and oxygen atoms in total. The number of nitrogen functional groups attached to an aromatic ring is 1. The largest absolute Gasteiger partial charge is 0.487 e. The van der Waals surface area contributed by atoms with E-state index in [0.29, 0.717) is 42.2 Å². The van der Waals surface area contributed by atoms with Gasteiger partial charge >= 0.3 is 0 Å². The molecule has 4 heterocycles. The smallest absolute Gasteiger partial charge is 0.246 e. The van der Waals surface area contributed by atoms with Crippen molar-refractivity contribution in [2.45, 2.75) is 32.4 Å². The summed E-state index contributed by atoms with van der Waals surface area (Å²) >= 11 is 0. The maximum absolute atomic E-state index is 12.2. The van der Waals surface area contributed by atoms with Crippen molar-refractivity contribution >= 4 is 22.8 Å². The fraction of sp³-hybridized carbons (Fsp3) is 0.269. The molecule has 0 spiro atoms. The lowest BCUT2D eigenvalue weighted by molar-refractivity contribution is -0.127. The maximum atomic E-state index is 12.2. The standard InChI is InChI=1S/C26H27N7O2/c1-3-22(34)32-12-6-8-20(14-32)33-26-23(25(27)29-16-30-26)24(31-33)18-9-10-21(17(2)13-18)35-15-19-7-4-5-11-28-19/h3-5,7,9-11,13,16,20H,1,6,8,12,14-15H2,2H3,(H2,27,29,30)/t20-/m1/s1. The fourth-order valence-corrected chi connectivity index (χ4v) is 4.53. The molecule has 1 atom stereocenters. The van der Waals surface area contributed by atoms with E-state index in [-0.39, 0.29) is 11.9 Å². The number of piperidine rings is 1. The van der Waals surface area contributed by atoms with Gasteiger partial charge in [-0.05, 0) is 61.7 Å². The Kier molecular flexibility index (Phi) is 6.13. The van der Waals surface area contributed by atoms with Crippen molar-refractivity contribution in [3.8, 4) is 17.0 Å². The van der Waals surface area contributed by atoms with E-state index in [1.807, 2.05) is 48.0 Å². The highest BCUT2D eigenvalue weighted by Crippen LogP contribution is 2.35. The van der Waals surface area contributed by atoms with Crippen LogP contribution in [0.3, 0.4) is 0 Å². The zero-order chi connectivity index (χ0) is 24.4. The molecular formula is C26H27N7O2. The molecule has 1 saturated heterocycles. The van der Waals surface area contributed by atoms with E-state index in [1.165, 1.54) is 12.4 Å². The number of carbonyl (C=O) groups is 1. The van der Waals surface area contributed by atoms with Gasteiger partial charge in [0.15, 0.2) is 5.65 Å². The summed E-state index contributed by atoms with van der Waals surface area (Å²) in [5.41, 5.74) is 10.4. The van der Waals surface area contributed by atoms with E-state index in [9.17, 15) is 4.79 Å². The summed E-state index contributed by atoms with van der Waals surface area (Å²) in [4.78, 5) is 27.1. The number of pyridine rings is 1. The number of anilines is 1. The normalized spacial score (nSPS) is 15.8. The van der Waals surface area contributed by atoms with Crippen LogP contribution in [0, 0.1) is 6.92 Å². The molecule has 9 heteroatoms. The number of amides is 1. The second-order valence-electron chi connectivity index (χ2n) is 8.63. The summed E-state index contributed by atoms with van der Waals surface area (Å²) < 4.78 is 7.88. The molecule has 0 unspecified atom stereocenters. The van der Waals surface area contributed by atoms with Gasteiger partial charge in [0.25, 0.3) is 0 Å². The molecule has 3 aromatic heterocycles. The number of rotatable bonds is 6. The molecule has 178 valence electrons. The van der Waals surface area contributed by atoms with Crippen LogP contribution in [0.1, 0.15) is 30.1 Å². The summed E-state index contributed by atoms with van der Waals surface area (Å²) in [6, 6.07) is 11.7. The van der Waals surface area contributed by atoms with Crippen LogP contribution in [-0.2, 0) is 11.4 Å². The molecule has 1 amide bonds. The van der Waals surface area contributed by atoms with E-state index < -0.39 is 0 Å². The number of hydrogen-bond donors (Lipinski definition) is 1. The van der Waals surface area contributed by atoms with Crippen LogP contribution in [-0.4, -0.2) is 48.6 Å². The summed E-state index contributed by atoms with van der Waals surface area (Å²) in [5, 5.41) is 5.66.